The highest BCUT2D eigenvalue weighted by Crippen LogP contribution is 2.30. The summed E-state index contributed by atoms with van der Waals surface area (Å²) in [6, 6.07) is 7.47. The number of nitrogens with zero attached hydrogens (tertiary/aromatic N) is 2. The summed E-state index contributed by atoms with van der Waals surface area (Å²) < 4.78 is 0. The van der Waals surface area contributed by atoms with Crippen LogP contribution in [0.25, 0.3) is 0 Å². The number of anilines is 4. The highest BCUT2D eigenvalue weighted by atomic mass is 35.5. The summed E-state index contributed by atoms with van der Waals surface area (Å²) in [5.41, 5.74) is 1.25. The number of aliphatic hydroxyl groups is 1. The molecule has 0 bridgehead atoms. The molecule has 3 rings (SSSR count). The Labute approximate surface area is 169 Å². The van der Waals surface area contributed by atoms with Crippen LogP contribution in [0.5, 0.6) is 0 Å². The van der Waals surface area contributed by atoms with Gasteiger partial charge in [0.05, 0.1) is 17.6 Å². The highest BCUT2D eigenvalue weighted by Gasteiger charge is 2.22. The molecule has 1 aliphatic rings. The van der Waals surface area contributed by atoms with Crippen molar-refractivity contribution in [3.63, 3.8) is 0 Å². The number of para-hydroxylation sites is 2. The summed E-state index contributed by atoms with van der Waals surface area (Å²) >= 11 is 6.27. The average molecular weight is 402 g/mol. The molecular weight excluding hydrogens is 378 g/mol. The summed E-state index contributed by atoms with van der Waals surface area (Å²) in [5.74, 6) is 0.926. The number of hydrogen-bond acceptors (Lipinski definition) is 6. The second kappa shape index (κ2) is 9.52. The third-order valence-electron chi connectivity index (χ3n) is 4.74. The maximum Gasteiger partial charge on any atom is 0.247 e. The van der Waals surface area contributed by atoms with Gasteiger partial charge in [0, 0.05) is 12.6 Å². The van der Waals surface area contributed by atoms with Crippen molar-refractivity contribution in [1.82, 2.24) is 9.97 Å². The quantitative estimate of drug-likeness (QED) is 0.524. The van der Waals surface area contributed by atoms with Gasteiger partial charge in [-0.15, -0.1) is 0 Å². The molecule has 4 N–H and O–H groups in total. The van der Waals surface area contributed by atoms with E-state index in [2.05, 4.69) is 32.5 Å². The van der Waals surface area contributed by atoms with Gasteiger partial charge in [-0.2, -0.15) is 4.98 Å². The van der Waals surface area contributed by atoms with Crippen molar-refractivity contribution >= 4 is 40.6 Å². The minimum atomic E-state index is -0.305. The van der Waals surface area contributed by atoms with Gasteiger partial charge in [-0.1, -0.05) is 36.7 Å². The van der Waals surface area contributed by atoms with Gasteiger partial charge in [0.25, 0.3) is 0 Å². The van der Waals surface area contributed by atoms with Crippen LogP contribution in [0.3, 0.4) is 0 Å². The lowest BCUT2D eigenvalue weighted by Crippen LogP contribution is -2.29. The molecule has 0 unspecified atom stereocenters. The smallest absolute Gasteiger partial charge is 0.247 e. The minimum absolute atomic E-state index is 0.208. The Balaban J connectivity index is 1.75. The van der Waals surface area contributed by atoms with E-state index in [1.807, 2.05) is 18.2 Å². The van der Waals surface area contributed by atoms with Crippen molar-refractivity contribution in [2.45, 2.75) is 31.7 Å². The SMILES string of the molecule is C=CC(=O)Nc1ccccc1Nc1nc(N[C@@H]2CCC[C@H](CO)C2)ncc1Cl. The Hall–Kier alpha value is -2.64. The van der Waals surface area contributed by atoms with Gasteiger partial charge < -0.3 is 21.1 Å². The predicted octanol–water partition coefficient (Wildman–Crippen LogP) is 3.96. The van der Waals surface area contributed by atoms with Crippen molar-refractivity contribution < 1.29 is 9.90 Å². The molecule has 148 valence electrons. The van der Waals surface area contributed by atoms with Gasteiger partial charge in [-0.25, -0.2) is 4.98 Å². The second-order valence-electron chi connectivity index (χ2n) is 6.81. The topological polar surface area (TPSA) is 99.2 Å². The largest absolute Gasteiger partial charge is 0.396 e. The molecule has 2 atom stereocenters. The van der Waals surface area contributed by atoms with E-state index in [9.17, 15) is 9.90 Å². The molecule has 1 heterocycles. The molecule has 0 spiro atoms. The van der Waals surface area contributed by atoms with Crippen LogP contribution in [0, 0.1) is 5.92 Å². The van der Waals surface area contributed by atoms with E-state index in [-0.39, 0.29) is 18.6 Å². The summed E-state index contributed by atoms with van der Waals surface area (Å²) in [5, 5.41) is 19.0. The first-order valence-corrected chi connectivity index (χ1v) is 9.66. The van der Waals surface area contributed by atoms with Gasteiger partial charge >= 0.3 is 0 Å². The molecule has 0 radical (unpaired) electrons. The van der Waals surface area contributed by atoms with E-state index in [1.54, 1.807) is 6.07 Å². The number of halogens is 1. The molecule has 1 fully saturated rings. The van der Waals surface area contributed by atoms with Crippen molar-refractivity contribution in [2.75, 3.05) is 22.6 Å². The van der Waals surface area contributed by atoms with Crippen LogP contribution in [-0.4, -0.2) is 33.6 Å². The zero-order valence-electron chi connectivity index (χ0n) is 15.5. The number of carbonyl (C=O) groups excluding carboxylic acids is 1. The van der Waals surface area contributed by atoms with Gasteiger partial charge in [0.1, 0.15) is 5.02 Å². The van der Waals surface area contributed by atoms with Crippen LogP contribution in [-0.2, 0) is 4.79 Å². The summed E-state index contributed by atoms with van der Waals surface area (Å²) in [6.07, 6.45) is 6.77. The number of hydrogen-bond donors (Lipinski definition) is 4. The van der Waals surface area contributed by atoms with Crippen LogP contribution in [0.2, 0.25) is 5.02 Å². The van der Waals surface area contributed by atoms with Gasteiger partial charge in [0.15, 0.2) is 5.82 Å². The molecule has 28 heavy (non-hydrogen) atoms. The molecule has 0 saturated heterocycles. The maximum atomic E-state index is 11.6. The lowest BCUT2D eigenvalue weighted by molar-refractivity contribution is -0.111. The van der Waals surface area contributed by atoms with E-state index in [1.165, 1.54) is 12.3 Å². The van der Waals surface area contributed by atoms with Crippen molar-refractivity contribution in [3.05, 3.63) is 48.1 Å². The van der Waals surface area contributed by atoms with Crippen molar-refractivity contribution in [1.29, 1.82) is 0 Å². The number of carbonyl (C=O) groups is 1. The first kappa shape index (κ1) is 20.1. The fourth-order valence-electron chi connectivity index (χ4n) is 3.31. The summed E-state index contributed by atoms with van der Waals surface area (Å²) in [6.45, 7) is 3.67. The molecule has 7 nitrogen and oxygen atoms in total. The molecule has 1 saturated carbocycles. The standard InChI is InChI=1S/C20H24ClN5O2/c1-2-18(28)24-16-8-3-4-9-17(16)25-19-15(21)11-22-20(26-19)23-14-7-5-6-13(10-14)12-27/h2-4,8-9,11,13-14,27H,1,5-7,10,12H2,(H,24,28)(H2,22,23,25,26)/t13-,14+/m0/s1. The summed E-state index contributed by atoms with van der Waals surface area (Å²) in [4.78, 5) is 20.4. The summed E-state index contributed by atoms with van der Waals surface area (Å²) in [7, 11) is 0. The fraction of sp³-hybridized carbons (Fsp3) is 0.350. The Morgan fingerprint density at radius 2 is 2.11 bits per heavy atom. The molecule has 2 aromatic rings. The number of aliphatic hydroxyl groups excluding tert-OH is 1. The third-order valence-corrected chi connectivity index (χ3v) is 5.02. The van der Waals surface area contributed by atoms with Crippen LogP contribution < -0.4 is 16.0 Å². The van der Waals surface area contributed by atoms with Crippen LogP contribution in [0.15, 0.2) is 43.1 Å². The van der Waals surface area contributed by atoms with Crippen molar-refractivity contribution in [2.24, 2.45) is 5.92 Å². The van der Waals surface area contributed by atoms with Gasteiger partial charge in [-0.3, -0.25) is 4.79 Å². The Morgan fingerprint density at radius 3 is 2.86 bits per heavy atom. The molecule has 1 amide bonds. The van der Waals surface area contributed by atoms with Gasteiger partial charge in [0.2, 0.25) is 11.9 Å². The maximum absolute atomic E-state index is 11.6. The number of benzene rings is 1. The molecule has 1 aromatic heterocycles. The Bertz CT molecular complexity index is 845. The zero-order chi connectivity index (χ0) is 19.9. The first-order chi connectivity index (χ1) is 13.6. The number of amides is 1. The fourth-order valence-corrected chi connectivity index (χ4v) is 3.45. The second-order valence-corrected chi connectivity index (χ2v) is 7.22. The molecule has 1 aliphatic carbocycles. The van der Waals surface area contributed by atoms with E-state index in [0.717, 1.165) is 25.7 Å². The third kappa shape index (κ3) is 5.21. The lowest BCUT2D eigenvalue weighted by Gasteiger charge is -2.28. The first-order valence-electron chi connectivity index (χ1n) is 9.28. The van der Waals surface area contributed by atoms with E-state index in [0.29, 0.717) is 34.1 Å². The molecular formula is C20H24ClN5O2. The normalized spacial score (nSPS) is 18.9. The van der Waals surface area contributed by atoms with Crippen LogP contribution in [0.1, 0.15) is 25.7 Å². The molecule has 8 heteroatoms. The number of aromatic nitrogens is 2. The monoisotopic (exact) mass is 401 g/mol. The highest BCUT2D eigenvalue weighted by molar-refractivity contribution is 6.33. The van der Waals surface area contributed by atoms with E-state index in [4.69, 9.17) is 11.6 Å². The Kier molecular flexibility index (Phi) is 6.84. The number of nitrogens with one attached hydrogen (secondary N) is 3. The Morgan fingerprint density at radius 1 is 1.32 bits per heavy atom. The van der Waals surface area contributed by atoms with E-state index < -0.39 is 0 Å². The molecule has 0 aliphatic heterocycles. The van der Waals surface area contributed by atoms with Crippen molar-refractivity contribution in [3.8, 4) is 0 Å². The molecule has 1 aromatic carbocycles. The van der Waals surface area contributed by atoms with Crippen LogP contribution in [0.4, 0.5) is 23.1 Å². The average Bonchev–Trinajstić information content (AvgIpc) is 2.72. The zero-order valence-corrected chi connectivity index (χ0v) is 16.2. The van der Waals surface area contributed by atoms with Gasteiger partial charge in [-0.05, 0) is 43.4 Å². The lowest BCUT2D eigenvalue weighted by atomic mass is 9.86. The minimum Gasteiger partial charge on any atom is -0.396 e. The number of rotatable bonds is 7. The van der Waals surface area contributed by atoms with Crippen LogP contribution >= 0.6 is 11.6 Å². The van der Waals surface area contributed by atoms with E-state index >= 15 is 0 Å². The predicted molar refractivity (Wildman–Crippen MR) is 112 cm³/mol.